The van der Waals surface area contributed by atoms with E-state index in [2.05, 4.69) is 10.3 Å². The van der Waals surface area contributed by atoms with Gasteiger partial charge in [-0.05, 0) is 18.7 Å². The van der Waals surface area contributed by atoms with Crippen LogP contribution in [0.5, 0.6) is 0 Å². The van der Waals surface area contributed by atoms with Crippen molar-refractivity contribution in [3.8, 4) is 0 Å². The predicted octanol–water partition coefficient (Wildman–Crippen LogP) is 1.94. The number of hydrogen-bond acceptors (Lipinski definition) is 6. The molecule has 2 aromatic rings. The molecule has 1 amide bonds. The molecule has 2 rings (SSSR count). The third-order valence-electron chi connectivity index (χ3n) is 2.54. The number of carbonyl (C=O) groups is 1. The molecule has 0 aliphatic heterocycles. The highest BCUT2D eigenvalue weighted by Gasteiger charge is 2.16. The summed E-state index contributed by atoms with van der Waals surface area (Å²) in [5.41, 5.74) is 5.01. The highest BCUT2D eigenvalue weighted by atomic mass is 32.1. The first-order valence-corrected chi connectivity index (χ1v) is 6.79. The molecule has 0 fully saturated rings. The lowest BCUT2D eigenvalue weighted by Crippen LogP contribution is -2.13. The maximum absolute atomic E-state index is 13.2. The summed E-state index contributed by atoms with van der Waals surface area (Å²) in [5.74, 6) is -1.48. The number of hydrogen-bond donors (Lipinski definition) is 2. The normalized spacial score (nSPS) is 10.4. The molecule has 0 radical (unpaired) electrons. The molecule has 1 heterocycles. The first-order valence-electron chi connectivity index (χ1n) is 5.91. The third-order valence-corrected chi connectivity index (χ3v) is 3.45. The predicted molar refractivity (Wildman–Crippen MR) is 75.9 cm³/mol. The maximum atomic E-state index is 13.2. The second-order valence-corrected chi connectivity index (χ2v) is 4.99. The zero-order valence-corrected chi connectivity index (χ0v) is 11.5. The van der Waals surface area contributed by atoms with Crippen molar-refractivity contribution in [1.29, 1.82) is 0 Å². The van der Waals surface area contributed by atoms with E-state index in [1.807, 2.05) is 0 Å². The zero-order valence-electron chi connectivity index (χ0n) is 10.7. The number of anilines is 1. The van der Waals surface area contributed by atoms with Crippen molar-refractivity contribution in [1.82, 2.24) is 4.98 Å². The Morgan fingerprint density at radius 2 is 2.29 bits per heavy atom. The molecule has 0 unspecified atom stereocenters. The van der Waals surface area contributed by atoms with Crippen LogP contribution < -0.4 is 11.1 Å². The minimum Gasteiger partial charge on any atom is -0.330 e. The van der Waals surface area contributed by atoms with Crippen LogP contribution in [-0.2, 0) is 6.42 Å². The van der Waals surface area contributed by atoms with Crippen LogP contribution in [0.2, 0.25) is 0 Å². The molecular weight excluding hydrogens is 299 g/mol. The monoisotopic (exact) mass is 310 g/mol. The molecule has 0 bridgehead atoms. The Hall–Kier alpha value is -2.39. The van der Waals surface area contributed by atoms with Gasteiger partial charge in [0.15, 0.2) is 0 Å². The molecule has 0 spiro atoms. The van der Waals surface area contributed by atoms with Gasteiger partial charge in [0.05, 0.1) is 9.93 Å². The highest BCUT2D eigenvalue weighted by molar-refractivity contribution is 7.09. The Morgan fingerprint density at radius 1 is 1.52 bits per heavy atom. The molecule has 0 aliphatic carbocycles. The minimum absolute atomic E-state index is 0.126. The van der Waals surface area contributed by atoms with Crippen LogP contribution in [0.25, 0.3) is 0 Å². The molecule has 0 atom stereocenters. The number of nitro benzene ring substituents is 1. The average Bonchev–Trinajstić information content (AvgIpc) is 2.90. The third kappa shape index (κ3) is 3.58. The Bertz CT molecular complexity index is 689. The molecule has 1 aromatic carbocycles. The van der Waals surface area contributed by atoms with Gasteiger partial charge in [0.2, 0.25) is 5.82 Å². The molecule has 0 saturated heterocycles. The number of aromatic nitrogens is 1. The van der Waals surface area contributed by atoms with E-state index in [0.717, 1.165) is 17.1 Å². The summed E-state index contributed by atoms with van der Waals surface area (Å²) in [7, 11) is 0. The average molecular weight is 310 g/mol. The van der Waals surface area contributed by atoms with Crippen LogP contribution >= 0.6 is 11.3 Å². The Morgan fingerprint density at radius 3 is 2.95 bits per heavy atom. The Kier molecular flexibility index (Phi) is 4.55. The second-order valence-electron chi connectivity index (χ2n) is 4.04. The van der Waals surface area contributed by atoms with E-state index < -0.39 is 22.3 Å². The van der Waals surface area contributed by atoms with Crippen molar-refractivity contribution in [3.05, 3.63) is 50.2 Å². The van der Waals surface area contributed by atoms with Gasteiger partial charge in [0, 0.05) is 23.6 Å². The summed E-state index contributed by atoms with van der Waals surface area (Å²) in [5, 5.41) is 15.4. The quantitative estimate of drug-likeness (QED) is 0.647. The molecule has 9 heteroatoms. The fourth-order valence-corrected chi connectivity index (χ4v) is 2.37. The van der Waals surface area contributed by atoms with Crippen molar-refractivity contribution in [2.45, 2.75) is 6.42 Å². The number of nitro groups is 1. The second kappa shape index (κ2) is 6.37. The summed E-state index contributed by atoms with van der Waals surface area (Å²) in [6.07, 6.45) is 0.569. The number of carbonyl (C=O) groups excluding carboxylic acids is 1. The van der Waals surface area contributed by atoms with Crippen molar-refractivity contribution in [2.75, 3.05) is 11.9 Å². The summed E-state index contributed by atoms with van der Waals surface area (Å²) in [4.78, 5) is 25.8. The fraction of sp³-hybridized carbons (Fsp3) is 0.167. The summed E-state index contributed by atoms with van der Waals surface area (Å²) in [6.45, 7) is 0.429. The van der Waals surface area contributed by atoms with E-state index in [0.29, 0.717) is 13.0 Å². The van der Waals surface area contributed by atoms with Crippen LogP contribution in [-0.4, -0.2) is 22.4 Å². The summed E-state index contributed by atoms with van der Waals surface area (Å²) >= 11 is 1.30. The van der Waals surface area contributed by atoms with E-state index in [1.165, 1.54) is 17.4 Å². The van der Waals surface area contributed by atoms with Gasteiger partial charge in [0.1, 0.15) is 5.69 Å². The van der Waals surface area contributed by atoms with Gasteiger partial charge in [-0.1, -0.05) is 0 Å². The Labute approximate surface area is 122 Å². The SMILES string of the molecule is NCCc1nc(C(=O)Nc2ccc(F)c([N+](=O)[O-])c2)cs1. The molecule has 3 N–H and O–H groups in total. The Balaban J connectivity index is 2.15. The van der Waals surface area contributed by atoms with Crippen LogP contribution in [0.1, 0.15) is 15.5 Å². The number of halogens is 1. The molecule has 110 valence electrons. The first kappa shape index (κ1) is 15.0. The van der Waals surface area contributed by atoms with Crippen molar-refractivity contribution in [3.63, 3.8) is 0 Å². The maximum Gasteiger partial charge on any atom is 0.306 e. The number of nitrogens with zero attached hydrogens (tertiary/aromatic N) is 2. The lowest BCUT2D eigenvalue weighted by atomic mass is 10.2. The zero-order chi connectivity index (χ0) is 15.4. The van der Waals surface area contributed by atoms with E-state index >= 15 is 0 Å². The minimum atomic E-state index is -0.961. The van der Waals surface area contributed by atoms with Gasteiger partial charge in [-0.3, -0.25) is 14.9 Å². The number of rotatable bonds is 5. The molecule has 1 aromatic heterocycles. The van der Waals surface area contributed by atoms with Crippen LogP contribution in [0.15, 0.2) is 23.6 Å². The number of benzene rings is 1. The van der Waals surface area contributed by atoms with E-state index in [4.69, 9.17) is 5.73 Å². The smallest absolute Gasteiger partial charge is 0.306 e. The summed E-state index contributed by atoms with van der Waals surface area (Å²) < 4.78 is 13.2. The standard InChI is InChI=1S/C12H11FN4O3S/c13-8-2-1-7(5-10(8)17(19)20)15-12(18)9-6-21-11(16-9)3-4-14/h1-2,5-6H,3-4,14H2,(H,15,18). The summed E-state index contributed by atoms with van der Waals surface area (Å²) in [6, 6.07) is 3.13. The largest absolute Gasteiger partial charge is 0.330 e. The lowest BCUT2D eigenvalue weighted by Gasteiger charge is -2.03. The van der Waals surface area contributed by atoms with Gasteiger partial charge in [0.25, 0.3) is 5.91 Å². The molecule has 21 heavy (non-hydrogen) atoms. The van der Waals surface area contributed by atoms with E-state index in [-0.39, 0.29) is 11.4 Å². The molecule has 0 saturated carbocycles. The van der Waals surface area contributed by atoms with Crippen molar-refractivity contribution < 1.29 is 14.1 Å². The lowest BCUT2D eigenvalue weighted by molar-refractivity contribution is -0.387. The van der Waals surface area contributed by atoms with Gasteiger partial charge in [-0.15, -0.1) is 11.3 Å². The molecule has 7 nitrogen and oxygen atoms in total. The molecule has 0 aliphatic rings. The highest BCUT2D eigenvalue weighted by Crippen LogP contribution is 2.22. The van der Waals surface area contributed by atoms with E-state index in [1.54, 1.807) is 5.38 Å². The van der Waals surface area contributed by atoms with Crippen molar-refractivity contribution in [2.24, 2.45) is 5.73 Å². The van der Waals surface area contributed by atoms with Crippen molar-refractivity contribution >= 4 is 28.6 Å². The van der Waals surface area contributed by atoms with E-state index in [9.17, 15) is 19.3 Å². The number of amides is 1. The van der Waals surface area contributed by atoms with Gasteiger partial charge < -0.3 is 11.1 Å². The van der Waals surface area contributed by atoms with Gasteiger partial charge in [-0.25, -0.2) is 4.98 Å². The van der Waals surface area contributed by atoms with Crippen LogP contribution in [0.3, 0.4) is 0 Å². The van der Waals surface area contributed by atoms with Gasteiger partial charge in [-0.2, -0.15) is 4.39 Å². The number of nitrogens with two attached hydrogens (primary N) is 1. The van der Waals surface area contributed by atoms with Crippen LogP contribution in [0.4, 0.5) is 15.8 Å². The topological polar surface area (TPSA) is 111 Å². The van der Waals surface area contributed by atoms with Gasteiger partial charge >= 0.3 is 5.69 Å². The number of nitrogens with one attached hydrogen (secondary N) is 1. The first-order chi connectivity index (χ1) is 10.0. The number of thiazole rings is 1. The van der Waals surface area contributed by atoms with Crippen LogP contribution in [0, 0.1) is 15.9 Å². The molecular formula is C12H11FN4O3S. The fourth-order valence-electron chi connectivity index (χ4n) is 1.58.